The number of benzene rings is 1. The third-order valence-electron chi connectivity index (χ3n) is 2.42. The van der Waals surface area contributed by atoms with E-state index in [0.29, 0.717) is 28.1 Å². The van der Waals surface area contributed by atoms with Crippen LogP contribution in [0.25, 0.3) is 0 Å². The first-order valence-corrected chi connectivity index (χ1v) is 6.49. The van der Waals surface area contributed by atoms with Crippen molar-refractivity contribution in [3.63, 3.8) is 0 Å². The van der Waals surface area contributed by atoms with Gasteiger partial charge in [-0.3, -0.25) is 4.79 Å². The Kier molecular flexibility index (Phi) is 5.32. The largest absolute Gasteiger partial charge is 0.325 e. The van der Waals surface area contributed by atoms with E-state index in [4.69, 9.17) is 11.0 Å². The highest BCUT2D eigenvalue weighted by atomic mass is 79.9. The number of nitrogens with two attached hydrogens (primary N) is 1. The van der Waals surface area contributed by atoms with Crippen molar-refractivity contribution in [1.82, 2.24) is 0 Å². The molecule has 1 unspecified atom stereocenters. The zero-order valence-electron chi connectivity index (χ0n) is 10.4. The Hall–Kier alpha value is -1.38. The minimum absolute atomic E-state index is 0.208. The molecular weight excluding hydrogens is 294 g/mol. The van der Waals surface area contributed by atoms with Gasteiger partial charge in [-0.1, -0.05) is 13.8 Å². The number of halogens is 1. The van der Waals surface area contributed by atoms with E-state index in [-0.39, 0.29) is 5.91 Å². The van der Waals surface area contributed by atoms with Crippen molar-refractivity contribution >= 4 is 27.5 Å². The van der Waals surface area contributed by atoms with E-state index in [1.807, 2.05) is 19.9 Å². The Bertz CT molecular complexity index is 480. The first-order chi connectivity index (χ1) is 8.43. The summed E-state index contributed by atoms with van der Waals surface area (Å²) in [4.78, 5) is 11.8. The molecule has 5 heteroatoms. The second kappa shape index (κ2) is 6.53. The van der Waals surface area contributed by atoms with Crippen LogP contribution in [0.5, 0.6) is 0 Å². The standard InChI is InChI=1S/C13H16BrN3O/c1-8(2)5-12(16)13(18)17-10-4-3-9(7-15)11(14)6-10/h3-4,6,8,12H,5,16H2,1-2H3,(H,17,18). The molecule has 0 aliphatic carbocycles. The highest BCUT2D eigenvalue weighted by molar-refractivity contribution is 9.10. The van der Waals surface area contributed by atoms with E-state index in [1.165, 1.54) is 0 Å². The van der Waals surface area contributed by atoms with Crippen molar-refractivity contribution in [3.05, 3.63) is 28.2 Å². The van der Waals surface area contributed by atoms with Crippen LogP contribution < -0.4 is 11.1 Å². The Morgan fingerprint density at radius 3 is 2.72 bits per heavy atom. The van der Waals surface area contributed by atoms with Gasteiger partial charge >= 0.3 is 0 Å². The summed E-state index contributed by atoms with van der Waals surface area (Å²) >= 11 is 3.27. The summed E-state index contributed by atoms with van der Waals surface area (Å²) in [6.07, 6.45) is 0.642. The Labute approximate surface area is 115 Å². The molecule has 1 aromatic carbocycles. The summed E-state index contributed by atoms with van der Waals surface area (Å²) in [6, 6.07) is 6.55. The maximum atomic E-state index is 11.8. The van der Waals surface area contributed by atoms with E-state index in [1.54, 1.807) is 18.2 Å². The molecule has 0 aliphatic heterocycles. The molecule has 0 saturated heterocycles. The van der Waals surface area contributed by atoms with Gasteiger partial charge in [0.05, 0.1) is 11.6 Å². The Morgan fingerprint density at radius 2 is 2.22 bits per heavy atom. The van der Waals surface area contributed by atoms with Crippen molar-refractivity contribution in [1.29, 1.82) is 5.26 Å². The van der Waals surface area contributed by atoms with Crippen LogP contribution >= 0.6 is 15.9 Å². The van der Waals surface area contributed by atoms with Crippen LogP contribution in [0, 0.1) is 17.2 Å². The first-order valence-electron chi connectivity index (χ1n) is 5.70. The van der Waals surface area contributed by atoms with E-state index in [2.05, 4.69) is 21.2 Å². The zero-order chi connectivity index (χ0) is 13.7. The van der Waals surface area contributed by atoms with Crippen molar-refractivity contribution in [2.45, 2.75) is 26.3 Å². The van der Waals surface area contributed by atoms with Gasteiger partial charge in [-0.25, -0.2) is 0 Å². The molecule has 4 nitrogen and oxygen atoms in total. The smallest absolute Gasteiger partial charge is 0.241 e. The lowest BCUT2D eigenvalue weighted by Gasteiger charge is -2.14. The molecule has 0 bridgehead atoms. The van der Waals surface area contributed by atoms with E-state index < -0.39 is 6.04 Å². The van der Waals surface area contributed by atoms with Gasteiger partial charge in [-0.05, 0) is 46.5 Å². The number of carbonyl (C=O) groups excluding carboxylic acids is 1. The monoisotopic (exact) mass is 309 g/mol. The number of hydrogen-bond donors (Lipinski definition) is 2. The Balaban J connectivity index is 2.71. The minimum Gasteiger partial charge on any atom is -0.325 e. The van der Waals surface area contributed by atoms with Crippen molar-refractivity contribution in [3.8, 4) is 6.07 Å². The van der Waals surface area contributed by atoms with Gasteiger partial charge in [-0.15, -0.1) is 0 Å². The first kappa shape index (κ1) is 14.7. The number of amides is 1. The topological polar surface area (TPSA) is 78.9 Å². The molecule has 0 saturated carbocycles. The molecule has 1 atom stereocenters. The van der Waals surface area contributed by atoms with E-state index in [0.717, 1.165) is 0 Å². The normalized spacial score (nSPS) is 12.0. The predicted molar refractivity (Wildman–Crippen MR) is 74.9 cm³/mol. The molecule has 0 aromatic heterocycles. The fraction of sp³-hybridized carbons (Fsp3) is 0.385. The molecule has 0 spiro atoms. The average Bonchev–Trinajstić information content (AvgIpc) is 2.28. The lowest BCUT2D eigenvalue weighted by atomic mass is 10.0. The van der Waals surface area contributed by atoms with Crippen LogP contribution in [0.15, 0.2) is 22.7 Å². The fourth-order valence-corrected chi connectivity index (χ4v) is 2.00. The number of carbonyl (C=O) groups is 1. The number of anilines is 1. The van der Waals surface area contributed by atoms with Gasteiger partial charge in [0.25, 0.3) is 0 Å². The maximum Gasteiger partial charge on any atom is 0.241 e. The zero-order valence-corrected chi connectivity index (χ0v) is 12.0. The van der Waals surface area contributed by atoms with Crippen molar-refractivity contribution in [2.24, 2.45) is 11.7 Å². The van der Waals surface area contributed by atoms with E-state index >= 15 is 0 Å². The van der Waals surface area contributed by atoms with Crippen LogP contribution in [-0.2, 0) is 4.79 Å². The molecule has 0 radical (unpaired) electrons. The van der Waals surface area contributed by atoms with Crippen LogP contribution in [-0.4, -0.2) is 11.9 Å². The molecule has 0 fully saturated rings. The highest BCUT2D eigenvalue weighted by Gasteiger charge is 2.15. The lowest BCUT2D eigenvalue weighted by molar-refractivity contribution is -0.117. The van der Waals surface area contributed by atoms with Gasteiger partial charge in [-0.2, -0.15) is 5.26 Å². The number of nitrogens with zero attached hydrogens (tertiary/aromatic N) is 1. The second-order valence-corrected chi connectivity index (χ2v) is 5.39. The molecular formula is C13H16BrN3O. The maximum absolute atomic E-state index is 11.8. The summed E-state index contributed by atoms with van der Waals surface area (Å²) < 4.78 is 0.653. The Morgan fingerprint density at radius 1 is 1.56 bits per heavy atom. The van der Waals surface area contributed by atoms with Gasteiger partial charge < -0.3 is 11.1 Å². The van der Waals surface area contributed by atoms with Crippen molar-refractivity contribution in [2.75, 3.05) is 5.32 Å². The quantitative estimate of drug-likeness (QED) is 0.897. The molecule has 96 valence electrons. The molecule has 1 amide bonds. The van der Waals surface area contributed by atoms with Crippen LogP contribution in [0.3, 0.4) is 0 Å². The third-order valence-corrected chi connectivity index (χ3v) is 3.08. The van der Waals surface area contributed by atoms with Gasteiger partial charge in [0.2, 0.25) is 5.91 Å². The fourth-order valence-electron chi connectivity index (χ4n) is 1.53. The summed E-state index contributed by atoms with van der Waals surface area (Å²) in [7, 11) is 0. The molecule has 0 aliphatic rings. The predicted octanol–water partition coefficient (Wildman–Crippen LogP) is 2.63. The molecule has 0 heterocycles. The number of nitrogens with one attached hydrogen (secondary N) is 1. The number of nitriles is 1. The van der Waals surface area contributed by atoms with Crippen LogP contribution in [0.4, 0.5) is 5.69 Å². The van der Waals surface area contributed by atoms with Gasteiger partial charge in [0.15, 0.2) is 0 Å². The lowest BCUT2D eigenvalue weighted by Crippen LogP contribution is -2.36. The molecule has 18 heavy (non-hydrogen) atoms. The minimum atomic E-state index is -0.514. The van der Waals surface area contributed by atoms with Gasteiger partial charge in [0.1, 0.15) is 6.07 Å². The average molecular weight is 310 g/mol. The van der Waals surface area contributed by atoms with E-state index in [9.17, 15) is 4.79 Å². The van der Waals surface area contributed by atoms with Crippen molar-refractivity contribution < 1.29 is 4.79 Å². The SMILES string of the molecule is CC(C)CC(N)C(=O)Nc1ccc(C#N)c(Br)c1. The summed E-state index contributed by atoms with van der Waals surface area (Å²) in [6.45, 7) is 4.04. The molecule has 1 rings (SSSR count). The summed E-state index contributed by atoms with van der Waals surface area (Å²) in [5, 5.41) is 11.5. The van der Waals surface area contributed by atoms with Crippen LogP contribution in [0.2, 0.25) is 0 Å². The third kappa shape index (κ3) is 4.13. The molecule has 1 aromatic rings. The van der Waals surface area contributed by atoms with Gasteiger partial charge in [0, 0.05) is 10.2 Å². The molecule has 3 N–H and O–H groups in total. The van der Waals surface area contributed by atoms with Crippen LogP contribution in [0.1, 0.15) is 25.8 Å². The second-order valence-electron chi connectivity index (χ2n) is 4.53. The summed E-state index contributed by atoms with van der Waals surface area (Å²) in [5.41, 5.74) is 6.94. The number of rotatable bonds is 4. The summed E-state index contributed by atoms with van der Waals surface area (Å²) in [5.74, 6) is 0.166. The number of hydrogen-bond acceptors (Lipinski definition) is 3. The highest BCUT2D eigenvalue weighted by Crippen LogP contribution is 2.21.